The van der Waals surface area contributed by atoms with E-state index < -0.39 is 47.2 Å². The molecule has 2 aromatic carbocycles. The standard InChI is InChI=1S/C51H65N7O7/c1-11-43(59)57-28-39(31(57)5)48(61)55(9)45(30(3)4)47(60)53-41-25-33-16-13-17-34(24-33)35-20-21-42-37(26-35)38(46(56(42)12-2)36-18-14-22-52-44(36)32(6)64-10)27-51(7,8)29-65-50(63)40-19-15-23-58(54-40)49(41)62/h11,13-14,16-18,20-22,24,26,30-32,39-41,45,54H,1,12,15,19,23,25,27-29H2,2-10H3,(H,53,60)/t31-,32-,39-,40-,41-,45-/m0/s1. The van der Waals surface area contributed by atoms with E-state index in [1.165, 1.54) is 16.0 Å². The molecule has 6 atom stereocenters. The van der Waals surface area contributed by atoms with Crippen LogP contribution in [-0.2, 0) is 52.8 Å². The van der Waals surface area contributed by atoms with Crippen molar-refractivity contribution in [1.82, 2.24) is 35.1 Å². The van der Waals surface area contributed by atoms with Crippen LogP contribution in [0.3, 0.4) is 0 Å². The van der Waals surface area contributed by atoms with E-state index in [1.54, 1.807) is 25.3 Å². The van der Waals surface area contributed by atoms with Crippen molar-refractivity contribution in [2.75, 3.05) is 33.9 Å². The average molecular weight is 888 g/mol. The van der Waals surface area contributed by atoms with Crippen LogP contribution in [-0.4, -0.2) is 112 Å². The normalized spacial score (nSPS) is 22.1. The predicted octanol–water partition coefficient (Wildman–Crippen LogP) is 6.26. The number of nitrogens with zero attached hydrogens (tertiary/aromatic N) is 5. The van der Waals surface area contributed by atoms with Crippen LogP contribution in [0.2, 0.25) is 0 Å². The molecule has 14 heteroatoms. The number of aryl methyl sites for hydroxylation is 1. The molecular formula is C51H65N7O7. The largest absolute Gasteiger partial charge is 0.464 e. The maximum absolute atomic E-state index is 14.7. The lowest BCUT2D eigenvalue weighted by Crippen LogP contribution is -2.65. The van der Waals surface area contributed by atoms with E-state index in [2.05, 4.69) is 79.1 Å². The van der Waals surface area contributed by atoms with Gasteiger partial charge in [0.1, 0.15) is 18.1 Å². The summed E-state index contributed by atoms with van der Waals surface area (Å²) >= 11 is 0. The van der Waals surface area contributed by atoms with E-state index in [4.69, 9.17) is 14.5 Å². The van der Waals surface area contributed by atoms with Gasteiger partial charge in [-0.25, -0.2) is 5.43 Å². The summed E-state index contributed by atoms with van der Waals surface area (Å²) in [6.45, 7) is 18.8. The topological polar surface area (TPSA) is 155 Å². The Morgan fingerprint density at radius 1 is 1.09 bits per heavy atom. The molecule has 2 saturated heterocycles. The summed E-state index contributed by atoms with van der Waals surface area (Å²) in [6, 6.07) is 15.5. The number of pyridine rings is 1. The highest BCUT2D eigenvalue weighted by Gasteiger charge is 2.46. The number of hydrogen-bond acceptors (Lipinski definition) is 9. The SMILES string of the molecule is C=CC(=O)N1C[C@H](C(=O)N(C)[C@H](C(=O)N[C@H]2Cc3cccc(c3)-c3ccc4c(c3)c(c(-c3cccnc3[C@H](C)OC)n4CC)CC(C)(C)COC(=O)[C@@H]3CCCN(N3)C2=O)C(C)C)[C@@H]1C. The number of rotatable bonds is 10. The highest BCUT2D eigenvalue weighted by molar-refractivity contribution is 5.96. The maximum atomic E-state index is 14.7. The Balaban J connectivity index is 1.29. The first-order valence-corrected chi connectivity index (χ1v) is 22.9. The number of hydrogen-bond donors (Lipinski definition) is 2. The van der Waals surface area contributed by atoms with Crippen LogP contribution in [0.4, 0.5) is 0 Å². The summed E-state index contributed by atoms with van der Waals surface area (Å²) in [4.78, 5) is 77.1. The fourth-order valence-corrected chi connectivity index (χ4v) is 9.87. The van der Waals surface area contributed by atoms with Gasteiger partial charge in [-0.2, -0.15) is 0 Å². The molecule has 7 rings (SSSR count). The predicted molar refractivity (Wildman–Crippen MR) is 250 cm³/mol. The lowest BCUT2D eigenvalue weighted by Gasteiger charge is -2.47. The molecule has 3 aliphatic heterocycles. The van der Waals surface area contributed by atoms with Gasteiger partial charge in [0.2, 0.25) is 17.7 Å². The van der Waals surface area contributed by atoms with Crippen molar-refractivity contribution in [3.8, 4) is 22.4 Å². The van der Waals surface area contributed by atoms with Crippen molar-refractivity contribution >= 4 is 40.5 Å². The summed E-state index contributed by atoms with van der Waals surface area (Å²) in [5.74, 6) is -2.61. The fraction of sp³-hybridized carbons (Fsp3) is 0.490. The molecule has 5 heterocycles. The van der Waals surface area contributed by atoms with E-state index >= 15 is 0 Å². The van der Waals surface area contributed by atoms with Gasteiger partial charge in [-0.1, -0.05) is 64.6 Å². The molecule has 6 bridgehead atoms. The summed E-state index contributed by atoms with van der Waals surface area (Å²) in [5.41, 5.74) is 10.5. The molecule has 14 nitrogen and oxygen atoms in total. The van der Waals surface area contributed by atoms with Crippen molar-refractivity contribution in [2.24, 2.45) is 17.3 Å². The molecule has 0 spiro atoms. The van der Waals surface area contributed by atoms with E-state index in [0.29, 0.717) is 32.4 Å². The third kappa shape index (κ3) is 9.46. The molecular weight excluding hydrogens is 823 g/mol. The number of cyclic esters (lactones) is 1. The number of carbonyl (C=O) groups excluding carboxylic acids is 5. The van der Waals surface area contributed by atoms with Crippen LogP contribution in [0, 0.1) is 17.3 Å². The molecule has 2 fully saturated rings. The van der Waals surface area contributed by atoms with Crippen LogP contribution in [0.15, 0.2) is 73.4 Å². The number of aromatic nitrogens is 2. The third-order valence-corrected chi connectivity index (χ3v) is 13.5. The molecule has 4 aromatic rings. The molecule has 3 aliphatic rings. The van der Waals surface area contributed by atoms with Crippen molar-refractivity contribution < 1.29 is 33.4 Å². The summed E-state index contributed by atoms with van der Waals surface area (Å²) in [6.07, 6.45) is 4.52. The number of benzene rings is 2. The number of methoxy groups -OCH3 is 1. The van der Waals surface area contributed by atoms with Crippen LogP contribution in [0.25, 0.3) is 33.3 Å². The number of ether oxygens (including phenoxy) is 2. The zero-order valence-corrected chi connectivity index (χ0v) is 39.4. The molecule has 0 aliphatic carbocycles. The Bertz CT molecular complexity index is 2480. The second-order valence-corrected chi connectivity index (χ2v) is 19.0. The second-order valence-electron chi connectivity index (χ2n) is 19.0. The third-order valence-electron chi connectivity index (χ3n) is 13.5. The molecule has 346 valence electrons. The van der Waals surface area contributed by atoms with Crippen molar-refractivity contribution in [3.05, 3.63) is 90.3 Å². The Morgan fingerprint density at radius 2 is 1.85 bits per heavy atom. The van der Waals surface area contributed by atoms with Crippen molar-refractivity contribution in [2.45, 2.75) is 111 Å². The molecule has 0 unspecified atom stereocenters. The number of esters is 1. The Hall–Kier alpha value is -5.86. The number of fused-ring (bicyclic) bond motifs is 6. The van der Waals surface area contributed by atoms with Gasteiger partial charge in [0.15, 0.2) is 0 Å². The number of amides is 4. The quantitative estimate of drug-likeness (QED) is 0.139. The van der Waals surface area contributed by atoms with Gasteiger partial charge in [-0.05, 0) is 98.5 Å². The first-order chi connectivity index (χ1) is 31.0. The van der Waals surface area contributed by atoms with E-state index in [9.17, 15) is 24.0 Å². The second kappa shape index (κ2) is 19.3. The lowest BCUT2D eigenvalue weighted by molar-refractivity contribution is -0.156. The molecule has 0 saturated carbocycles. The summed E-state index contributed by atoms with van der Waals surface area (Å²) in [7, 11) is 3.29. The van der Waals surface area contributed by atoms with Crippen molar-refractivity contribution in [3.63, 3.8) is 0 Å². The zero-order valence-electron chi connectivity index (χ0n) is 39.4. The molecule has 65 heavy (non-hydrogen) atoms. The number of likely N-dealkylation sites (tertiary alicyclic amines) is 1. The lowest BCUT2D eigenvalue weighted by atomic mass is 9.84. The molecule has 0 radical (unpaired) electrons. The maximum Gasteiger partial charge on any atom is 0.324 e. The molecule has 4 amide bonds. The van der Waals surface area contributed by atoms with E-state index in [0.717, 1.165) is 50.1 Å². The van der Waals surface area contributed by atoms with Gasteiger partial charge in [-0.15, -0.1) is 0 Å². The molecule has 2 aromatic heterocycles. The smallest absolute Gasteiger partial charge is 0.324 e. The number of hydrazine groups is 1. The van der Waals surface area contributed by atoms with Gasteiger partial charge in [-0.3, -0.25) is 34.0 Å². The number of likely N-dealkylation sites (N-methyl/N-ethyl adjacent to an activating group) is 1. The van der Waals surface area contributed by atoms with Crippen LogP contribution in [0.1, 0.15) is 84.2 Å². The van der Waals surface area contributed by atoms with E-state index in [1.807, 2.05) is 45.9 Å². The Morgan fingerprint density at radius 3 is 2.54 bits per heavy atom. The van der Waals surface area contributed by atoms with Gasteiger partial charge in [0.25, 0.3) is 5.91 Å². The van der Waals surface area contributed by atoms with Gasteiger partial charge < -0.3 is 29.2 Å². The summed E-state index contributed by atoms with van der Waals surface area (Å²) in [5, 5.41) is 5.56. The minimum atomic E-state index is -1.05. The monoisotopic (exact) mass is 887 g/mol. The Labute approximate surface area is 382 Å². The average Bonchev–Trinajstić information content (AvgIpc) is 3.60. The number of carbonyl (C=O) groups is 5. The van der Waals surface area contributed by atoms with Gasteiger partial charge >= 0.3 is 5.97 Å². The number of nitrogens with one attached hydrogen (secondary N) is 2. The van der Waals surface area contributed by atoms with Crippen LogP contribution in [0.5, 0.6) is 0 Å². The highest BCUT2D eigenvalue weighted by atomic mass is 16.5. The minimum absolute atomic E-state index is 0.135. The first-order valence-electron chi connectivity index (χ1n) is 22.9. The molecule has 2 N–H and O–H groups in total. The fourth-order valence-electron chi connectivity index (χ4n) is 9.87. The van der Waals surface area contributed by atoms with Gasteiger partial charge in [0, 0.05) is 74.3 Å². The summed E-state index contributed by atoms with van der Waals surface area (Å²) < 4.78 is 14.3. The zero-order chi connectivity index (χ0) is 46.9. The van der Waals surface area contributed by atoms with E-state index in [-0.39, 0.29) is 49.5 Å². The highest BCUT2D eigenvalue weighted by Crippen LogP contribution is 2.42. The van der Waals surface area contributed by atoms with Crippen molar-refractivity contribution in [1.29, 1.82) is 0 Å². The van der Waals surface area contributed by atoms with Crippen LogP contribution >= 0.6 is 0 Å². The minimum Gasteiger partial charge on any atom is -0.464 e. The Kier molecular flexibility index (Phi) is 14.0. The first kappa shape index (κ1) is 47.1. The van der Waals surface area contributed by atoms with Crippen LogP contribution < -0.4 is 10.7 Å². The van der Waals surface area contributed by atoms with Gasteiger partial charge in [0.05, 0.1) is 30.0 Å².